The van der Waals surface area contributed by atoms with Crippen LogP contribution < -0.4 is 9.80 Å². The molecule has 2 heteroatoms. The number of nitrogens with zero attached hydrogens (tertiary/aromatic N) is 2. The Hall–Kier alpha value is -9.24. The molecule has 0 saturated carbocycles. The van der Waals surface area contributed by atoms with E-state index < -0.39 is 0 Å². The molecule has 0 saturated heterocycles. The highest BCUT2D eigenvalue weighted by molar-refractivity contribution is 6.12. The quantitative estimate of drug-likeness (QED) is 0.142. The lowest BCUT2D eigenvalue weighted by atomic mass is 9.78. The van der Waals surface area contributed by atoms with Gasteiger partial charge in [0.05, 0.1) is 11.4 Å². The molecule has 0 aromatic heterocycles. The van der Waals surface area contributed by atoms with Crippen molar-refractivity contribution in [3.8, 4) is 44.5 Å². The van der Waals surface area contributed by atoms with Gasteiger partial charge in [-0.05, 0) is 257 Å². The SMILES string of the molecule is Cc1cc(C)cc(N(c2ccc(C)cc2C)c2cc3c(c4ccccc24)-c2cc4c(cc2C3(C)C)-c2cc(CC(C)(C)c3ccc(N(c5ccc(C(C)(C)C)cc5)c5cc6c(c7ccccc57)-c5cc7c(cc5C6(C)C)-c5ccccc5C7(C)C)cc3)ccc2C4(C)C)c1. The van der Waals surface area contributed by atoms with E-state index in [0.717, 1.165) is 17.8 Å². The number of fused-ring (bicyclic) bond motifs is 16. The van der Waals surface area contributed by atoms with Gasteiger partial charge in [-0.2, -0.15) is 0 Å². The van der Waals surface area contributed by atoms with Crippen LogP contribution in [0.2, 0.25) is 0 Å². The largest absolute Gasteiger partial charge is 0.310 e. The molecule has 0 amide bonds. The number of rotatable bonds is 9. The van der Waals surface area contributed by atoms with Crippen LogP contribution in [0.15, 0.2) is 212 Å². The normalized spacial score (nSPS) is 15.5. The summed E-state index contributed by atoms with van der Waals surface area (Å²) in [7, 11) is 0. The van der Waals surface area contributed by atoms with Crippen molar-refractivity contribution in [3.05, 3.63) is 296 Å². The number of hydrogen-bond acceptors (Lipinski definition) is 2. The molecule has 0 aliphatic heterocycles. The third-order valence-corrected chi connectivity index (χ3v) is 23.0. The van der Waals surface area contributed by atoms with Crippen molar-refractivity contribution in [2.75, 3.05) is 9.80 Å². The van der Waals surface area contributed by atoms with Crippen LogP contribution in [0.1, 0.15) is 173 Å². The molecule has 16 rings (SSSR count). The van der Waals surface area contributed by atoms with Gasteiger partial charge in [0.25, 0.3) is 0 Å². The van der Waals surface area contributed by atoms with Gasteiger partial charge >= 0.3 is 0 Å². The van der Waals surface area contributed by atoms with E-state index in [1.807, 2.05) is 0 Å². The predicted octanol–water partition coefficient (Wildman–Crippen LogP) is 25.2. The second kappa shape index (κ2) is 20.4. The fourth-order valence-corrected chi connectivity index (χ4v) is 17.8. The topological polar surface area (TPSA) is 6.48 Å². The number of benzene rings is 12. The zero-order valence-corrected chi connectivity index (χ0v) is 58.3. The maximum atomic E-state index is 2.60. The Morgan fingerprint density at radius 3 is 1.27 bits per heavy atom. The lowest BCUT2D eigenvalue weighted by Gasteiger charge is -2.31. The van der Waals surface area contributed by atoms with Crippen LogP contribution in [0.3, 0.4) is 0 Å². The molecule has 12 aromatic rings. The molecule has 4 aliphatic rings. The summed E-state index contributed by atoms with van der Waals surface area (Å²) in [5.74, 6) is 0. The lowest BCUT2D eigenvalue weighted by Crippen LogP contribution is -2.21. The van der Waals surface area contributed by atoms with E-state index in [1.54, 1.807) is 0 Å². The van der Waals surface area contributed by atoms with Gasteiger partial charge in [-0.1, -0.05) is 229 Å². The Kier molecular flexibility index (Phi) is 13.0. The van der Waals surface area contributed by atoms with Crippen LogP contribution in [0, 0.1) is 27.7 Å². The minimum atomic E-state index is -0.263. The van der Waals surface area contributed by atoms with Crippen LogP contribution in [0.25, 0.3) is 66.1 Å². The van der Waals surface area contributed by atoms with Crippen LogP contribution in [-0.2, 0) is 38.9 Å². The van der Waals surface area contributed by atoms with Crippen molar-refractivity contribution in [2.24, 2.45) is 0 Å². The first kappa shape index (κ1) is 59.8. The molecule has 466 valence electrons. The minimum absolute atomic E-state index is 0.0258. The van der Waals surface area contributed by atoms with E-state index in [-0.39, 0.29) is 32.5 Å². The highest BCUT2D eigenvalue weighted by Gasteiger charge is 2.45. The highest BCUT2D eigenvalue weighted by atomic mass is 15.2. The van der Waals surface area contributed by atoms with Crippen LogP contribution in [-0.4, -0.2) is 0 Å². The molecular formula is C92H88N2. The van der Waals surface area contributed by atoms with E-state index in [9.17, 15) is 0 Å². The molecule has 0 N–H and O–H groups in total. The molecule has 0 atom stereocenters. The zero-order valence-electron chi connectivity index (χ0n) is 58.3. The summed E-state index contributed by atoms with van der Waals surface area (Å²) in [6.07, 6.45) is 0.902. The average molecular weight is 1220 g/mol. The van der Waals surface area contributed by atoms with Crippen LogP contribution in [0.4, 0.5) is 34.1 Å². The van der Waals surface area contributed by atoms with Crippen molar-refractivity contribution in [3.63, 3.8) is 0 Å². The predicted molar refractivity (Wildman–Crippen MR) is 402 cm³/mol. The fraction of sp³-hybridized carbons (Fsp3) is 0.261. The van der Waals surface area contributed by atoms with Crippen molar-refractivity contribution < 1.29 is 0 Å². The molecule has 0 fully saturated rings. The lowest BCUT2D eigenvalue weighted by molar-refractivity contribution is 0.522. The van der Waals surface area contributed by atoms with E-state index in [4.69, 9.17) is 0 Å². The number of anilines is 6. The summed E-state index contributed by atoms with van der Waals surface area (Å²) in [6.45, 7) is 40.2. The van der Waals surface area contributed by atoms with Gasteiger partial charge in [0, 0.05) is 55.2 Å². The number of aryl methyl sites for hydroxylation is 4. The molecule has 0 heterocycles. The minimum Gasteiger partial charge on any atom is -0.310 e. The van der Waals surface area contributed by atoms with Crippen LogP contribution >= 0.6 is 0 Å². The molecule has 94 heavy (non-hydrogen) atoms. The van der Waals surface area contributed by atoms with Gasteiger partial charge in [-0.25, -0.2) is 0 Å². The monoisotopic (exact) mass is 1220 g/mol. The first-order valence-corrected chi connectivity index (χ1v) is 34.3. The molecule has 2 nitrogen and oxygen atoms in total. The summed E-state index contributed by atoms with van der Waals surface area (Å²) >= 11 is 0. The van der Waals surface area contributed by atoms with Gasteiger partial charge in [0.15, 0.2) is 0 Å². The summed E-state index contributed by atoms with van der Waals surface area (Å²) in [5, 5.41) is 5.12. The maximum absolute atomic E-state index is 2.60. The Morgan fingerprint density at radius 2 is 0.734 bits per heavy atom. The molecule has 0 bridgehead atoms. The first-order chi connectivity index (χ1) is 44.6. The molecule has 0 spiro atoms. The third-order valence-electron chi connectivity index (χ3n) is 23.0. The van der Waals surface area contributed by atoms with Gasteiger partial charge in [0.2, 0.25) is 0 Å². The van der Waals surface area contributed by atoms with Crippen molar-refractivity contribution in [1.29, 1.82) is 0 Å². The summed E-state index contributed by atoms with van der Waals surface area (Å²) in [4.78, 5) is 5.07. The molecule has 0 unspecified atom stereocenters. The van der Waals surface area contributed by atoms with E-state index in [0.29, 0.717) is 0 Å². The molecule has 12 aromatic carbocycles. The Morgan fingerprint density at radius 1 is 0.298 bits per heavy atom. The van der Waals surface area contributed by atoms with Crippen LogP contribution in [0.5, 0.6) is 0 Å². The van der Waals surface area contributed by atoms with E-state index in [2.05, 4.69) is 340 Å². The smallest absolute Gasteiger partial charge is 0.0543 e. The van der Waals surface area contributed by atoms with Crippen molar-refractivity contribution in [1.82, 2.24) is 0 Å². The van der Waals surface area contributed by atoms with Gasteiger partial charge in [-0.15, -0.1) is 0 Å². The number of hydrogen-bond donors (Lipinski definition) is 0. The third kappa shape index (κ3) is 8.80. The van der Waals surface area contributed by atoms with E-state index >= 15 is 0 Å². The molecule has 4 aliphatic carbocycles. The molecule has 0 radical (unpaired) electrons. The standard InChI is InChI=1S/C92H88N2/c1-54-30-41-82(57(4)43-54)94(63-44-55(2)42-56(3)45-63)84-52-81-86(68-28-21-19-26-66(68)84)73-50-77-71(48-79(73)92(81,16)17)69-46-58(31-40-75(69)90(77,12)13)53-88(8,9)60-34-38-62(39-35-60)93(61-36-32-59(33-37-61)87(5,6)7)83-51-80-85(67-27-20-18-25-65(67)83)72-49-76-70(47-78(72)91(80,14)15)64-24-22-23-29-74(64)89(76,10)11/h18-52H,53H2,1-17H3. The fourth-order valence-electron chi connectivity index (χ4n) is 17.8. The maximum Gasteiger partial charge on any atom is 0.0543 e. The van der Waals surface area contributed by atoms with Crippen molar-refractivity contribution >= 4 is 55.7 Å². The average Bonchev–Trinajstić information content (AvgIpc) is 1.53. The Balaban J connectivity index is 0.759. The van der Waals surface area contributed by atoms with Gasteiger partial charge < -0.3 is 9.80 Å². The Bertz CT molecular complexity index is 5180. The van der Waals surface area contributed by atoms with Gasteiger partial charge in [0.1, 0.15) is 0 Å². The first-order valence-electron chi connectivity index (χ1n) is 34.3. The summed E-state index contributed by atoms with van der Waals surface area (Å²) < 4.78 is 0. The molecular weight excluding hydrogens is 1130 g/mol. The Labute approximate surface area is 559 Å². The second-order valence-corrected chi connectivity index (χ2v) is 32.3. The summed E-state index contributed by atoms with van der Waals surface area (Å²) in [6, 6.07) is 83.1. The van der Waals surface area contributed by atoms with Crippen molar-refractivity contribution in [2.45, 2.75) is 157 Å². The second-order valence-electron chi connectivity index (χ2n) is 32.3. The van der Waals surface area contributed by atoms with E-state index in [1.165, 1.54) is 172 Å². The van der Waals surface area contributed by atoms with Gasteiger partial charge in [-0.3, -0.25) is 0 Å². The summed E-state index contributed by atoms with van der Waals surface area (Å²) in [5.41, 5.74) is 37.5. The highest BCUT2D eigenvalue weighted by Crippen LogP contribution is 2.62. The zero-order chi connectivity index (χ0) is 65.7.